The highest BCUT2D eigenvalue weighted by atomic mass is 16.5. The summed E-state index contributed by atoms with van der Waals surface area (Å²) in [4.78, 5) is 11.6. The molecule has 0 aliphatic rings. The molecule has 2 aromatic rings. The molecule has 0 aromatic heterocycles. The van der Waals surface area contributed by atoms with Crippen LogP contribution in [0.15, 0.2) is 72.8 Å². The number of esters is 1. The summed E-state index contributed by atoms with van der Waals surface area (Å²) in [5.74, 6) is -0.424. The Hall–Kier alpha value is -2.43. The number of ether oxygens (including phenoxy) is 2. The maximum absolute atomic E-state index is 11.6. The number of carbonyl (C=O) groups excluding carboxylic acids is 1. The SMILES string of the molecule is CCOC(=O)/C=C/C[C@@](O)(c1ccccc1)[C@@H](OC)c1ccccc1. The van der Waals surface area contributed by atoms with E-state index in [1.807, 2.05) is 60.7 Å². The molecule has 0 saturated heterocycles. The van der Waals surface area contributed by atoms with E-state index in [0.717, 1.165) is 11.1 Å². The molecule has 1 N–H and O–H groups in total. The number of benzene rings is 2. The molecule has 25 heavy (non-hydrogen) atoms. The minimum absolute atomic E-state index is 0.212. The van der Waals surface area contributed by atoms with Crippen molar-refractivity contribution in [2.24, 2.45) is 0 Å². The van der Waals surface area contributed by atoms with Crippen molar-refractivity contribution in [3.63, 3.8) is 0 Å². The van der Waals surface area contributed by atoms with Crippen LogP contribution < -0.4 is 0 Å². The van der Waals surface area contributed by atoms with Gasteiger partial charge in [-0.05, 0) is 18.1 Å². The van der Waals surface area contributed by atoms with Gasteiger partial charge in [0.1, 0.15) is 11.7 Å². The average Bonchev–Trinajstić information content (AvgIpc) is 2.64. The molecule has 0 bridgehead atoms. The topological polar surface area (TPSA) is 55.8 Å². The van der Waals surface area contributed by atoms with Crippen LogP contribution in [0, 0.1) is 0 Å². The summed E-state index contributed by atoms with van der Waals surface area (Å²) in [5, 5.41) is 11.5. The van der Waals surface area contributed by atoms with Crippen molar-refractivity contribution < 1.29 is 19.4 Å². The maximum Gasteiger partial charge on any atom is 0.330 e. The lowest BCUT2D eigenvalue weighted by molar-refractivity contribution is -0.137. The molecule has 2 aromatic carbocycles. The van der Waals surface area contributed by atoms with Gasteiger partial charge in [-0.3, -0.25) is 0 Å². The molecule has 0 spiro atoms. The second-order valence-corrected chi connectivity index (χ2v) is 5.68. The Bertz CT molecular complexity index is 682. The molecular formula is C21H24O4. The fourth-order valence-corrected chi connectivity index (χ4v) is 2.86. The van der Waals surface area contributed by atoms with Gasteiger partial charge in [0.15, 0.2) is 0 Å². The van der Waals surface area contributed by atoms with Gasteiger partial charge < -0.3 is 14.6 Å². The smallest absolute Gasteiger partial charge is 0.330 e. The molecule has 0 radical (unpaired) electrons. The third-order valence-corrected chi connectivity index (χ3v) is 4.02. The number of carbonyl (C=O) groups is 1. The first kappa shape index (κ1) is 18.9. The van der Waals surface area contributed by atoms with Gasteiger partial charge in [0.2, 0.25) is 0 Å². The fraction of sp³-hybridized carbons (Fsp3) is 0.286. The summed E-state index contributed by atoms with van der Waals surface area (Å²) < 4.78 is 10.6. The van der Waals surface area contributed by atoms with Crippen LogP contribution in [-0.4, -0.2) is 24.8 Å². The second-order valence-electron chi connectivity index (χ2n) is 5.68. The number of methoxy groups -OCH3 is 1. The van der Waals surface area contributed by atoms with E-state index in [9.17, 15) is 9.90 Å². The largest absolute Gasteiger partial charge is 0.463 e. The van der Waals surface area contributed by atoms with Crippen molar-refractivity contribution in [3.8, 4) is 0 Å². The minimum Gasteiger partial charge on any atom is -0.463 e. The fourth-order valence-electron chi connectivity index (χ4n) is 2.86. The van der Waals surface area contributed by atoms with E-state index in [4.69, 9.17) is 9.47 Å². The van der Waals surface area contributed by atoms with Crippen molar-refractivity contribution in [2.45, 2.75) is 25.0 Å². The number of rotatable bonds is 8. The van der Waals surface area contributed by atoms with Gasteiger partial charge in [0.05, 0.1) is 6.61 Å². The zero-order valence-electron chi connectivity index (χ0n) is 14.6. The van der Waals surface area contributed by atoms with Gasteiger partial charge in [-0.1, -0.05) is 66.7 Å². The summed E-state index contributed by atoms with van der Waals surface area (Å²) >= 11 is 0. The zero-order valence-corrected chi connectivity index (χ0v) is 14.6. The van der Waals surface area contributed by atoms with Crippen LogP contribution in [-0.2, 0) is 19.9 Å². The van der Waals surface area contributed by atoms with E-state index in [1.54, 1.807) is 20.1 Å². The Morgan fingerprint density at radius 1 is 1.12 bits per heavy atom. The Morgan fingerprint density at radius 2 is 1.72 bits per heavy atom. The highest BCUT2D eigenvalue weighted by molar-refractivity contribution is 5.81. The summed E-state index contributed by atoms with van der Waals surface area (Å²) in [6.45, 7) is 2.07. The molecule has 2 rings (SSSR count). The lowest BCUT2D eigenvalue weighted by Gasteiger charge is -2.35. The van der Waals surface area contributed by atoms with E-state index >= 15 is 0 Å². The first-order valence-corrected chi connectivity index (χ1v) is 8.30. The van der Waals surface area contributed by atoms with Crippen molar-refractivity contribution in [2.75, 3.05) is 13.7 Å². The molecule has 0 unspecified atom stereocenters. The summed E-state index contributed by atoms with van der Waals surface area (Å²) in [6.07, 6.45) is 2.60. The van der Waals surface area contributed by atoms with Crippen molar-refractivity contribution in [1.82, 2.24) is 0 Å². The number of aliphatic hydroxyl groups is 1. The normalized spacial score (nSPS) is 14.8. The van der Waals surface area contributed by atoms with Gasteiger partial charge in [-0.25, -0.2) is 4.79 Å². The predicted octanol–water partition coefficient (Wildman–Crippen LogP) is 3.77. The lowest BCUT2D eigenvalue weighted by atomic mass is 9.81. The first-order chi connectivity index (χ1) is 12.1. The van der Waals surface area contributed by atoms with Crippen LogP contribution in [0.2, 0.25) is 0 Å². The maximum atomic E-state index is 11.6. The van der Waals surface area contributed by atoms with Gasteiger partial charge in [-0.2, -0.15) is 0 Å². The molecule has 0 saturated carbocycles. The first-order valence-electron chi connectivity index (χ1n) is 8.30. The summed E-state index contributed by atoms with van der Waals surface area (Å²) in [6, 6.07) is 18.9. The Labute approximate surface area is 148 Å². The minimum atomic E-state index is -1.32. The number of hydrogen-bond donors (Lipinski definition) is 1. The van der Waals surface area contributed by atoms with Crippen LogP contribution >= 0.6 is 0 Å². The highest BCUT2D eigenvalue weighted by Gasteiger charge is 2.38. The highest BCUT2D eigenvalue weighted by Crippen LogP contribution is 2.40. The predicted molar refractivity (Wildman–Crippen MR) is 96.9 cm³/mol. The molecule has 0 aliphatic heterocycles. The molecule has 2 atom stereocenters. The van der Waals surface area contributed by atoms with Crippen LogP contribution in [0.4, 0.5) is 0 Å². The van der Waals surface area contributed by atoms with Gasteiger partial charge in [0, 0.05) is 19.6 Å². The molecule has 132 valence electrons. The van der Waals surface area contributed by atoms with Crippen LogP contribution in [0.25, 0.3) is 0 Å². The van der Waals surface area contributed by atoms with Crippen LogP contribution in [0.5, 0.6) is 0 Å². The molecule has 0 fully saturated rings. The van der Waals surface area contributed by atoms with E-state index in [2.05, 4.69) is 0 Å². The van der Waals surface area contributed by atoms with Crippen molar-refractivity contribution in [1.29, 1.82) is 0 Å². The molecule has 4 heteroatoms. The Kier molecular flexibility index (Phi) is 6.92. The van der Waals surface area contributed by atoms with E-state index < -0.39 is 17.7 Å². The van der Waals surface area contributed by atoms with Crippen molar-refractivity contribution in [3.05, 3.63) is 83.9 Å². The molecule has 0 heterocycles. The zero-order chi connectivity index (χ0) is 18.1. The molecule has 0 aliphatic carbocycles. The molecular weight excluding hydrogens is 316 g/mol. The van der Waals surface area contributed by atoms with Gasteiger partial charge in [0.25, 0.3) is 0 Å². The summed E-state index contributed by atoms with van der Waals surface area (Å²) in [5.41, 5.74) is 0.264. The third-order valence-electron chi connectivity index (χ3n) is 4.02. The van der Waals surface area contributed by atoms with E-state index in [0.29, 0.717) is 6.61 Å². The lowest BCUT2D eigenvalue weighted by Crippen LogP contribution is -2.34. The number of hydrogen-bond acceptors (Lipinski definition) is 4. The van der Waals surface area contributed by atoms with Crippen LogP contribution in [0.1, 0.15) is 30.6 Å². The average molecular weight is 340 g/mol. The Balaban J connectivity index is 2.36. The monoisotopic (exact) mass is 340 g/mol. The third kappa shape index (κ3) is 4.78. The molecule has 0 amide bonds. The summed E-state index contributed by atoms with van der Waals surface area (Å²) in [7, 11) is 1.57. The molecule has 4 nitrogen and oxygen atoms in total. The van der Waals surface area contributed by atoms with Gasteiger partial charge >= 0.3 is 5.97 Å². The van der Waals surface area contributed by atoms with Crippen LogP contribution in [0.3, 0.4) is 0 Å². The van der Waals surface area contributed by atoms with Gasteiger partial charge in [-0.15, -0.1) is 0 Å². The van der Waals surface area contributed by atoms with E-state index in [1.165, 1.54) is 6.08 Å². The second kappa shape index (κ2) is 9.16. The Morgan fingerprint density at radius 3 is 2.28 bits per heavy atom. The van der Waals surface area contributed by atoms with E-state index in [-0.39, 0.29) is 6.42 Å². The quantitative estimate of drug-likeness (QED) is 0.587. The van der Waals surface area contributed by atoms with Crippen molar-refractivity contribution >= 4 is 5.97 Å². The standard InChI is InChI=1S/C21H24O4/c1-3-25-19(22)15-10-16-21(23,18-13-8-5-9-14-18)20(24-2)17-11-6-4-7-12-17/h4-15,20,23H,3,16H2,1-2H3/b15-10+/t20-,21+/m0/s1.